The predicted octanol–water partition coefficient (Wildman–Crippen LogP) is 0.780. The van der Waals surface area contributed by atoms with Gasteiger partial charge in [-0.05, 0) is 38.1 Å². The summed E-state index contributed by atoms with van der Waals surface area (Å²) in [4.78, 5) is 1.73. The third-order valence-electron chi connectivity index (χ3n) is 3.17. The van der Waals surface area contributed by atoms with Gasteiger partial charge in [-0.1, -0.05) is 0 Å². The maximum absolute atomic E-state index is 13.6. The smallest absolute Gasteiger partial charge is 0.243 e. The maximum atomic E-state index is 13.6. The van der Waals surface area contributed by atoms with Crippen LogP contribution in [-0.2, 0) is 10.0 Å². The number of halogens is 1. The number of benzene rings is 1. The fraction of sp³-hybridized carbons (Fsp3) is 0.500. The van der Waals surface area contributed by atoms with Crippen LogP contribution in [-0.4, -0.2) is 39.5 Å². The average Bonchev–Trinajstić information content (AvgIpc) is 3.11. The molecule has 0 aliphatic heterocycles. The number of anilines is 1. The van der Waals surface area contributed by atoms with Crippen LogP contribution in [0.25, 0.3) is 0 Å². The lowest BCUT2D eigenvalue weighted by Gasteiger charge is -2.16. The quantitative estimate of drug-likeness (QED) is 0.758. The van der Waals surface area contributed by atoms with Crippen LogP contribution in [0, 0.1) is 5.82 Å². The van der Waals surface area contributed by atoms with E-state index in [1.165, 1.54) is 12.1 Å². The zero-order valence-electron chi connectivity index (χ0n) is 10.8. The molecule has 0 atom stereocenters. The Morgan fingerprint density at radius 1 is 1.47 bits per heavy atom. The molecule has 106 valence electrons. The fourth-order valence-corrected chi connectivity index (χ4v) is 2.95. The molecule has 1 aliphatic rings. The molecular weight excluding hydrogens is 269 g/mol. The number of rotatable bonds is 6. The van der Waals surface area contributed by atoms with Crippen LogP contribution in [0.15, 0.2) is 23.1 Å². The van der Waals surface area contributed by atoms with Gasteiger partial charge in [0.15, 0.2) is 0 Å². The molecule has 7 heteroatoms. The highest BCUT2D eigenvalue weighted by molar-refractivity contribution is 7.89. The first-order valence-corrected chi connectivity index (χ1v) is 7.63. The number of sulfonamides is 1. The van der Waals surface area contributed by atoms with Crippen molar-refractivity contribution < 1.29 is 12.8 Å². The monoisotopic (exact) mass is 287 g/mol. The third-order valence-corrected chi connectivity index (χ3v) is 4.67. The fourth-order valence-electron chi connectivity index (χ4n) is 1.87. The van der Waals surface area contributed by atoms with Crippen LogP contribution in [0.2, 0.25) is 0 Å². The lowest BCUT2D eigenvalue weighted by atomic mass is 10.3. The topological polar surface area (TPSA) is 75.4 Å². The van der Waals surface area contributed by atoms with E-state index in [9.17, 15) is 12.8 Å². The van der Waals surface area contributed by atoms with Crippen molar-refractivity contribution in [2.45, 2.75) is 23.8 Å². The van der Waals surface area contributed by atoms with Gasteiger partial charge < -0.3 is 10.6 Å². The number of nitrogens with two attached hydrogens (primary N) is 1. The van der Waals surface area contributed by atoms with Gasteiger partial charge in [0.05, 0.1) is 0 Å². The Kier molecular flexibility index (Phi) is 4.07. The molecule has 0 saturated heterocycles. The molecule has 19 heavy (non-hydrogen) atoms. The van der Waals surface area contributed by atoms with E-state index >= 15 is 0 Å². The molecule has 5 nitrogen and oxygen atoms in total. The molecule has 0 amide bonds. The molecule has 1 aromatic carbocycles. The summed E-state index contributed by atoms with van der Waals surface area (Å²) in [6.07, 6.45) is 2.33. The summed E-state index contributed by atoms with van der Waals surface area (Å²) >= 11 is 0. The van der Waals surface area contributed by atoms with E-state index < -0.39 is 15.8 Å². The summed E-state index contributed by atoms with van der Waals surface area (Å²) in [7, 11) is -1.86. The Morgan fingerprint density at radius 3 is 2.74 bits per heavy atom. The maximum Gasteiger partial charge on any atom is 0.243 e. The Balaban J connectivity index is 1.97. The van der Waals surface area contributed by atoms with Crippen molar-refractivity contribution in [2.24, 2.45) is 0 Å². The average molecular weight is 287 g/mol. The van der Waals surface area contributed by atoms with Gasteiger partial charge in [-0.15, -0.1) is 0 Å². The van der Waals surface area contributed by atoms with Crippen LogP contribution in [0.4, 0.5) is 10.1 Å². The van der Waals surface area contributed by atoms with Crippen molar-refractivity contribution in [1.82, 2.24) is 9.62 Å². The second-order valence-electron chi connectivity index (χ2n) is 4.80. The van der Waals surface area contributed by atoms with Crippen molar-refractivity contribution in [3.8, 4) is 0 Å². The summed E-state index contributed by atoms with van der Waals surface area (Å²) in [5.41, 5.74) is 5.59. The highest BCUT2D eigenvalue weighted by Crippen LogP contribution is 2.24. The van der Waals surface area contributed by atoms with Crippen molar-refractivity contribution in [2.75, 3.05) is 25.9 Å². The first-order valence-electron chi connectivity index (χ1n) is 6.15. The number of nitrogens with zero attached hydrogens (tertiary/aromatic N) is 1. The molecule has 1 aliphatic carbocycles. The van der Waals surface area contributed by atoms with Crippen molar-refractivity contribution >= 4 is 15.7 Å². The molecule has 0 spiro atoms. The van der Waals surface area contributed by atoms with Crippen LogP contribution >= 0.6 is 0 Å². The lowest BCUT2D eigenvalue weighted by Crippen LogP contribution is -2.34. The van der Waals surface area contributed by atoms with Gasteiger partial charge in [-0.25, -0.2) is 17.5 Å². The molecule has 0 aromatic heterocycles. The molecule has 0 heterocycles. The largest absolute Gasteiger partial charge is 0.399 e. The predicted molar refractivity (Wildman–Crippen MR) is 71.7 cm³/mol. The van der Waals surface area contributed by atoms with Gasteiger partial charge in [0, 0.05) is 24.8 Å². The molecule has 0 radical (unpaired) electrons. The summed E-state index contributed by atoms with van der Waals surface area (Å²) in [6.45, 7) is 0.875. The number of nitrogens with one attached hydrogen (secondary N) is 1. The minimum Gasteiger partial charge on any atom is -0.399 e. The molecule has 0 unspecified atom stereocenters. The zero-order valence-corrected chi connectivity index (χ0v) is 11.6. The van der Waals surface area contributed by atoms with E-state index in [-0.39, 0.29) is 17.1 Å². The Morgan fingerprint density at radius 2 is 2.16 bits per heavy atom. The van der Waals surface area contributed by atoms with Crippen molar-refractivity contribution in [3.63, 3.8) is 0 Å². The van der Waals surface area contributed by atoms with E-state index in [1.807, 2.05) is 7.05 Å². The standard InChI is InChI=1S/C12H18FN3O2S/c1-16(10-3-4-10)7-6-15-19(17,18)12-5-2-9(14)8-11(12)13/h2,5,8,10,15H,3-4,6-7,14H2,1H3. The highest BCUT2D eigenvalue weighted by Gasteiger charge is 2.26. The second kappa shape index (κ2) is 5.44. The normalized spacial score (nSPS) is 15.9. The number of likely N-dealkylation sites (N-methyl/N-ethyl adjacent to an activating group) is 1. The Bertz CT molecular complexity index is 558. The van der Waals surface area contributed by atoms with E-state index in [0.717, 1.165) is 18.9 Å². The van der Waals surface area contributed by atoms with Crippen LogP contribution in [0.1, 0.15) is 12.8 Å². The molecule has 2 rings (SSSR count). The summed E-state index contributed by atoms with van der Waals surface area (Å²) < 4.78 is 39.8. The zero-order chi connectivity index (χ0) is 14.0. The molecule has 1 saturated carbocycles. The van der Waals surface area contributed by atoms with Gasteiger partial charge >= 0.3 is 0 Å². The number of nitrogen functional groups attached to an aromatic ring is 1. The molecule has 1 fully saturated rings. The van der Waals surface area contributed by atoms with Gasteiger partial charge in [0.1, 0.15) is 10.7 Å². The summed E-state index contributed by atoms with van der Waals surface area (Å²) in [5.74, 6) is -0.831. The third kappa shape index (κ3) is 3.65. The van der Waals surface area contributed by atoms with Crippen LogP contribution in [0.5, 0.6) is 0 Å². The second-order valence-corrected chi connectivity index (χ2v) is 6.53. The van der Waals surface area contributed by atoms with E-state index in [1.54, 1.807) is 0 Å². The van der Waals surface area contributed by atoms with Gasteiger partial charge in [-0.3, -0.25) is 0 Å². The summed E-state index contributed by atoms with van der Waals surface area (Å²) in [6, 6.07) is 4.12. The van der Waals surface area contributed by atoms with E-state index in [4.69, 9.17) is 5.73 Å². The number of hydrogen-bond acceptors (Lipinski definition) is 4. The Labute approximate surface area is 112 Å². The van der Waals surface area contributed by atoms with Crippen molar-refractivity contribution in [1.29, 1.82) is 0 Å². The molecule has 1 aromatic rings. The van der Waals surface area contributed by atoms with Gasteiger partial charge in [0.25, 0.3) is 0 Å². The minimum absolute atomic E-state index is 0.199. The summed E-state index contributed by atoms with van der Waals surface area (Å²) in [5, 5.41) is 0. The van der Waals surface area contributed by atoms with Crippen molar-refractivity contribution in [3.05, 3.63) is 24.0 Å². The van der Waals surface area contributed by atoms with E-state index in [2.05, 4.69) is 9.62 Å². The SMILES string of the molecule is CN(CCNS(=O)(=O)c1ccc(N)cc1F)C1CC1. The van der Waals surface area contributed by atoms with Gasteiger partial charge in [-0.2, -0.15) is 0 Å². The van der Waals surface area contributed by atoms with E-state index in [0.29, 0.717) is 12.6 Å². The first kappa shape index (κ1) is 14.2. The highest BCUT2D eigenvalue weighted by atomic mass is 32.2. The van der Waals surface area contributed by atoms with Gasteiger partial charge in [0.2, 0.25) is 10.0 Å². The Hall–Kier alpha value is -1.18. The lowest BCUT2D eigenvalue weighted by molar-refractivity contribution is 0.329. The van der Waals surface area contributed by atoms with Crippen LogP contribution < -0.4 is 10.5 Å². The molecule has 0 bridgehead atoms. The molecule has 3 N–H and O–H groups in total. The minimum atomic E-state index is -3.82. The van der Waals surface area contributed by atoms with Crippen LogP contribution in [0.3, 0.4) is 0 Å². The molecular formula is C12H18FN3O2S. The first-order chi connectivity index (χ1) is 8.90. The number of hydrogen-bond donors (Lipinski definition) is 2.